The number of hydrogen-bond acceptors (Lipinski definition) is 3. The van der Waals surface area contributed by atoms with E-state index in [0.29, 0.717) is 6.04 Å². The molecule has 0 amide bonds. The van der Waals surface area contributed by atoms with Gasteiger partial charge in [-0.2, -0.15) is 11.8 Å². The van der Waals surface area contributed by atoms with Crippen molar-refractivity contribution < 1.29 is 4.74 Å². The van der Waals surface area contributed by atoms with Crippen molar-refractivity contribution in [2.24, 2.45) is 0 Å². The molecular weight excluding hydrogens is 230 g/mol. The van der Waals surface area contributed by atoms with E-state index in [0.717, 1.165) is 18.8 Å². The minimum absolute atomic E-state index is 0.538. The monoisotopic (exact) mass is 251 g/mol. The molecule has 0 aliphatic heterocycles. The molecule has 1 unspecified atom stereocenters. The highest BCUT2D eigenvalue weighted by Crippen LogP contribution is 2.33. The van der Waals surface area contributed by atoms with Gasteiger partial charge in [0.2, 0.25) is 0 Å². The quantitative estimate of drug-likeness (QED) is 0.785. The zero-order valence-corrected chi connectivity index (χ0v) is 11.5. The molecule has 1 aliphatic carbocycles. The minimum atomic E-state index is 0.538. The first-order valence-electron chi connectivity index (χ1n) is 6.27. The van der Waals surface area contributed by atoms with Crippen LogP contribution in [0.2, 0.25) is 0 Å². The first-order chi connectivity index (χ1) is 8.35. The average Bonchev–Trinajstić information content (AvgIpc) is 2.77. The summed E-state index contributed by atoms with van der Waals surface area (Å²) >= 11 is 1.87. The van der Waals surface area contributed by atoms with E-state index in [1.54, 1.807) is 0 Å². The van der Waals surface area contributed by atoms with Gasteiger partial charge >= 0.3 is 0 Å². The van der Waals surface area contributed by atoms with Crippen LogP contribution in [-0.2, 0) is 6.42 Å². The van der Waals surface area contributed by atoms with Crippen molar-refractivity contribution in [2.75, 3.05) is 25.7 Å². The second-order valence-corrected chi connectivity index (χ2v) is 5.42. The molecule has 17 heavy (non-hydrogen) atoms. The maximum atomic E-state index is 5.77. The molecule has 0 spiro atoms. The molecule has 2 rings (SSSR count). The Morgan fingerprint density at radius 3 is 3.12 bits per heavy atom. The Bertz CT molecular complexity index is 367. The van der Waals surface area contributed by atoms with Crippen LogP contribution >= 0.6 is 11.8 Å². The van der Waals surface area contributed by atoms with Crippen molar-refractivity contribution >= 4 is 11.8 Å². The van der Waals surface area contributed by atoms with Crippen molar-refractivity contribution in [3.05, 3.63) is 29.3 Å². The lowest BCUT2D eigenvalue weighted by molar-refractivity contribution is 0.318. The van der Waals surface area contributed by atoms with Crippen LogP contribution in [0.5, 0.6) is 5.75 Å². The first kappa shape index (κ1) is 12.8. The Hall–Kier alpha value is -0.670. The fourth-order valence-corrected chi connectivity index (χ4v) is 2.78. The summed E-state index contributed by atoms with van der Waals surface area (Å²) in [5.74, 6) is 2.20. The summed E-state index contributed by atoms with van der Waals surface area (Å²) in [6.45, 7) is 0.828. The molecular formula is C14H21NOS. The van der Waals surface area contributed by atoms with Crippen LogP contribution in [0.1, 0.15) is 30.0 Å². The molecule has 1 aliphatic rings. The molecule has 0 radical (unpaired) electrons. The largest absolute Gasteiger partial charge is 0.494 e. The van der Waals surface area contributed by atoms with Crippen LogP contribution in [0.25, 0.3) is 0 Å². The Kier molecular flexibility index (Phi) is 4.75. The van der Waals surface area contributed by atoms with Crippen LogP contribution in [0.4, 0.5) is 0 Å². The third-order valence-corrected chi connectivity index (χ3v) is 4.00. The molecule has 0 saturated carbocycles. The van der Waals surface area contributed by atoms with Gasteiger partial charge in [0.15, 0.2) is 0 Å². The molecule has 0 fully saturated rings. The lowest BCUT2D eigenvalue weighted by Gasteiger charge is -2.11. The third-order valence-electron chi connectivity index (χ3n) is 3.30. The number of thioether (sulfide) groups is 1. The number of aryl methyl sites for hydroxylation is 1. The second kappa shape index (κ2) is 6.31. The molecule has 3 heteroatoms. The predicted octanol–water partition coefficient (Wildman–Crippen LogP) is 3.03. The molecule has 1 N–H and O–H groups in total. The van der Waals surface area contributed by atoms with E-state index < -0.39 is 0 Å². The van der Waals surface area contributed by atoms with Gasteiger partial charge in [-0.25, -0.2) is 0 Å². The average molecular weight is 251 g/mol. The number of fused-ring (bicyclic) bond motifs is 1. The summed E-state index contributed by atoms with van der Waals surface area (Å²) in [5, 5.41) is 3.36. The fraction of sp³-hybridized carbons (Fsp3) is 0.571. The highest BCUT2D eigenvalue weighted by atomic mass is 32.2. The number of benzene rings is 1. The van der Waals surface area contributed by atoms with E-state index in [9.17, 15) is 0 Å². The molecule has 94 valence electrons. The summed E-state index contributed by atoms with van der Waals surface area (Å²) in [7, 11) is 2.03. The van der Waals surface area contributed by atoms with Gasteiger partial charge in [-0.3, -0.25) is 0 Å². The molecule has 0 aromatic heterocycles. The predicted molar refractivity (Wildman–Crippen MR) is 75.1 cm³/mol. The Balaban J connectivity index is 1.93. The molecule has 1 aromatic carbocycles. The second-order valence-electron chi connectivity index (χ2n) is 4.44. The van der Waals surface area contributed by atoms with Gasteiger partial charge in [-0.1, -0.05) is 6.07 Å². The summed E-state index contributed by atoms with van der Waals surface area (Å²) in [6.07, 6.45) is 5.63. The summed E-state index contributed by atoms with van der Waals surface area (Å²) < 4.78 is 5.77. The Morgan fingerprint density at radius 1 is 1.47 bits per heavy atom. The molecule has 0 saturated heterocycles. The van der Waals surface area contributed by atoms with Gasteiger partial charge in [0.05, 0.1) is 6.61 Å². The van der Waals surface area contributed by atoms with Gasteiger partial charge in [-0.05, 0) is 61.6 Å². The fourth-order valence-electron chi connectivity index (χ4n) is 2.38. The van der Waals surface area contributed by atoms with E-state index in [1.165, 1.54) is 29.7 Å². The van der Waals surface area contributed by atoms with Gasteiger partial charge in [0.1, 0.15) is 5.75 Å². The van der Waals surface area contributed by atoms with E-state index in [-0.39, 0.29) is 0 Å². The van der Waals surface area contributed by atoms with Gasteiger partial charge in [0, 0.05) is 6.04 Å². The lowest BCUT2D eigenvalue weighted by atomic mass is 10.1. The van der Waals surface area contributed by atoms with Crippen LogP contribution in [0.15, 0.2) is 18.2 Å². The minimum Gasteiger partial charge on any atom is -0.494 e. The Morgan fingerprint density at radius 2 is 2.35 bits per heavy atom. The zero-order valence-electron chi connectivity index (χ0n) is 10.7. The van der Waals surface area contributed by atoms with E-state index in [2.05, 4.69) is 29.8 Å². The summed E-state index contributed by atoms with van der Waals surface area (Å²) in [6, 6.07) is 7.07. The third kappa shape index (κ3) is 3.17. The molecule has 1 atom stereocenters. The Labute approximate surface area is 108 Å². The van der Waals surface area contributed by atoms with Crippen molar-refractivity contribution in [3.63, 3.8) is 0 Å². The lowest BCUT2D eigenvalue weighted by Crippen LogP contribution is -2.12. The standard InChI is InChI=1S/C14H21NOS/c1-15-14-7-4-11-10-12(5-6-13(11)14)16-8-3-9-17-2/h5-6,10,14-15H,3-4,7-9H2,1-2H3. The molecule has 1 aromatic rings. The summed E-state index contributed by atoms with van der Waals surface area (Å²) in [5.41, 5.74) is 2.90. The van der Waals surface area contributed by atoms with E-state index in [4.69, 9.17) is 4.74 Å². The zero-order chi connectivity index (χ0) is 12.1. The van der Waals surface area contributed by atoms with Crippen LogP contribution < -0.4 is 10.1 Å². The van der Waals surface area contributed by atoms with Crippen LogP contribution in [0, 0.1) is 0 Å². The van der Waals surface area contributed by atoms with Crippen LogP contribution in [0.3, 0.4) is 0 Å². The maximum absolute atomic E-state index is 5.77. The van der Waals surface area contributed by atoms with E-state index in [1.807, 2.05) is 18.8 Å². The van der Waals surface area contributed by atoms with Gasteiger partial charge in [0.25, 0.3) is 0 Å². The number of hydrogen-bond donors (Lipinski definition) is 1. The highest BCUT2D eigenvalue weighted by Gasteiger charge is 2.20. The first-order valence-corrected chi connectivity index (χ1v) is 7.66. The van der Waals surface area contributed by atoms with E-state index >= 15 is 0 Å². The molecule has 0 heterocycles. The van der Waals surface area contributed by atoms with Crippen LogP contribution in [-0.4, -0.2) is 25.7 Å². The number of ether oxygens (including phenoxy) is 1. The van der Waals surface area contributed by atoms with Crippen molar-refractivity contribution in [1.29, 1.82) is 0 Å². The normalized spacial score (nSPS) is 18.1. The summed E-state index contributed by atoms with van der Waals surface area (Å²) in [4.78, 5) is 0. The van der Waals surface area contributed by atoms with Crippen molar-refractivity contribution in [2.45, 2.75) is 25.3 Å². The smallest absolute Gasteiger partial charge is 0.119 e. The van der Waals surface area contributed by atoms with Gasteiger partial charge < -0.3 is 10.1 Å². The number of rotatable bonds is 6. The van der Waals surface area contributed by atoms with Crippen molar-refractivity contribution in [3.8, 4) is 5.75 Å². The number of nitrogens with one attached hydrogen (secondary N) is 1. The van der Waals surface area contributed by atoms with Crippen molar-refractivity contribution in [1.82, 2.24) is 5.32 Å². The SMILES string of the molecule is CNC1CCc2cc(OCCCSC)ccc21. The molecule has 0 bridgehead atoms. The molecule has 2 nitrogen and oxygen atoms in total. The van der Waals surface area contributed by atoms with Gasteiger partial charge in [-0.15, -0.1) is 0 Å². The maximum Gasteiger partial charge on any atom is 0.119 e. The topological polar surface area (TPSA) is 21.3 Å². The highest BCUT2D eigenvalue weighted by molar-refractivity contribution is 7.98.